The van der Waals surface area contributed by atoms with Crippen molar-refractivity contribution in [1.29, 1.82) is 0 Å². The molecule has 0 saturated carbocycles. The second kappa shape index (κ2) is 8.54. The van der Waals surface area contributed by atoms with Crippen molar-refractivity contribution in [2.24, 2.45) is 5.92 Å². The van der Waals surface area contributed by atoms with Crippen molar-refractivity contribution < 1.29 is 0 Å². The molecule has 0 aliphatic carbocycles. The maximum absolute atomic E-state index is 4.79. The highest BCUT2D eigenvalue weighted by Crippen LogP contribution is 2.25. The lowest BCUT2D eigenvalue weighted by atomic mass is 9.92. The molecule has 5 nitrogen and oxygen atoms in total. The van der Waals surface area contributed by atoms with Crippen LogP contribution in [0.15, 0.2) is 30.5 Å². The first-order valence-corrected chi connectivity index (χ1v) is 10.8. The molecular formula is C24H33N5. The Morgan fingerprint density at radius 2 is 1.97 bits per heavy atom. The Morgan fingerprint density at radius 1 is 1.17 bits per heavy atom. The van der Waals surface area contributed by atoms with E-state index in [-0.39, 0.29) is 0 Å². The van der Waals surface area contributed by atoms with Crippen LogP contribution in [-0.4, -0.2) is 53.6 Å². The number of piperidine rings is 1. The van der Waals surface area contributed by atoms with Gasteiger partial charge in [0.05, 0.1) is 11.0 Å². The minimum absolute atomic E-state index is 0.887. The molecule has 0 bridgehead atoms. The molecular weight excluding hydrogens is 358 g/mol. The number of nitrogens with zero attached hydrogens (tertiary/aromatic N) is 4. The number of H-pyrrole nitrogens is 1. The van der Waals surface area contributed by atoms with Crippen LogP contribution in [0.3, 0.4) is 0 Å². The predicted molar refractivity (Wildman–Crippen MR) is 122 cm³/mol. The van der Waals surface area contributed by atoms with E-state index in [0.29, 0.717) is 0 Å². The van der Waals surface area contributed by atoms with Gasteiger partial charge < -0.3 is 14.8 Å². The van der Waals surface area contributed by atoms with E-state index in [1.54, 1.807) is 0 Å². The number of hydrogen-bond acceptors (Lipinski definition) is 4. The van der Waals surface area contributed by atoms with Crippen LogP contribution in [-0.2, 0) is 0 Å². The Kier molecular flexibility index (Phi) is 5.86. The largest absolute Gasteiger partial charge is 0.360 e. The van der Waals surface area contributed by atoms with Crippen LogP contribution in [0.2, 0.25) is 0 Å². The first kappa shape index (κ1) is 19.9. The topological polar surface area (TPSA) is 48.1 Å². The smallest absolute Gasteiger partial charge is 0.140 e. The number of nitrogens with one attached hydrogen (secondary N) is 1. The molecule has 3 aromatic rings. The number of anilines is 1. The molecule has 1 aliphatic heterocycles. The second-order valence-electron chi connectivity index (χ2n) is 8.78. The van der Waals surface area contributed by atoms with Crippen LogP contribution in [0, 0.1) is 19.8 Å². The van der Waals surface area contributed by atoms with E-state index in [2.05, 4.69) is 67.0 Å². The number of benzene rings is 1. The fourth-order valence-corrected chi connectivity index (χ4v) is 4.44. The summed E-state index contributed by atoms with van der Waals surface area (Å²) in [6, 6.07) is 8.56. The molecule has 29 heavy (non-hydrogen) atoms. The summed E-state index contributed by atoms with van der Waals surface area (Å²) >= 11 is 0. The maximum Gasteiger partial charge on any atom is 0.140 e. The van der Waals surface area contributed by atoms with Crippen molar-refractivity contribution in [2.75, 3.05) is 38.6 Å². The third-order valence-corrected chi connectivity index (χ3v) is 6.28. The highest BCUT2D eigenvalue weighted by Gasteiger charge is 2.16. The molecule has 1 aliphatic rings. The van der Waals surface area contributed by atoms with E-state index in [0.717, 1.165) is 40.7 Å². The number of rotatable bonds is 6. The van der Waals surface area contributed by atoms with Crippen LogP contribution >= 0.6 is 0 Å². The first-order valence-electron chi connectivity index (χ1n) is 10.8. The number of hydrogen-bond donors (Lipinski definition) is 1. The molecule has 0 radical (unpaired) electrons. The summed E-state index contributed by atoms with van der Waals surface area (Å²) < 4.78 is 0. The van der Waals surface area contributed by atoms with Gasteiger partial charge >= 0.3 is 0 Å². The monoisotopic (exact) mass is 391 g/mol. The molecule has 0 unspecified atom stereocenters. The van der Waals surface area contributed by atoms with E-state index in [1.165, 1.54) is 49.9 Å². The van der Waals surface area contributed by atoms with Crippen molar-refractivity contribution in [3.05, 3.63) is 41.6 Å². The molecule has 1 fully saturated rings. The van der Waals surface area contributed by atoms with Gasteiger partial charge in [-0.25, -0.2) is 9.97 Å². The van der Waals surface area contributed by atoms with Gasteiger partial charge in [-0.2, -0.15) is 0 Å². The molecule has 3 heterocycles. The summed E-state index contributed by atoms with van der Waals surface area (Å²) in [7, 11) is 4.37. The average Bonchev–Trinajstić information content (AvgIpc) is 3.14. The van der Waals surface area contributed by atoms with E-state index < -0.39 is 0 Å². The quantitative estimate of drug-likeness (QED) is 0.656. The van der Waals surface area contributed by atoms with Gasteiger partial charge in [0.2, 0.25) is 0 Å². The Morgan fingerprint density at radius 3 is 2.69 bits per heavy atom. The van der Waals surface area contributed by atoms with Crippen LogP contribution in [0.5, 0.6) is 0 Å². The lowest BCUT2D eigenvalue weighted by molar-refractivity contribution is 0.211. The van der Waals surface area contributed by atoms with Gasteiger partial charge in [0.25, 0.3) is 0 Å². The van der Waals surface area contributed by atoms with Crippen molar-refractivity contribution >= 4 is 16.9 Å². The number of pyridine rings is 1. The fourth-order valence-electron chi connectivity index (χ4n) is 4.44. The number of aryl methyl sites for hydroxylation is 2. The molecule has 0 atom stereocenters. The third kappa shape index (κ3) is 4.61. The summed E-state index contributed by atoms with van der Waals surface area (Å²) in [4.78, 5) is 17.7. The van der Waals surface area contributed by atoms with E-state index in [1.807, 2.05) is 6.20 Å². The molecule has 2 aromatic heterocycles. The van der Waals surface area contributed by atoms with Gasteiger partial charge in [-0.1, -0.05) is 6.07 Å². The third-order valence-electron chi connectivity index (χ3n) is 6.28. The van der Waals surface area contributed by atoms with Crippen LogP contribution in [0.25, 0.3) is 22.4 Å². The summed E-state index contributed by atoms with van der Waals surface area (Å²) in [6.45, 7) is 7.80. The molecule has 0 spiro atoms. The number of fused-ring (bicyclic) bond motifs is 1. The van der Waals surface area contributed by atoms with Gasteiger partial charge in [-0.05, 0) is 94.9 Å². The summed E-state index contributed by atoms with van der Waals surface area (Å²) in [5.74, 6) is 2.81. The SMILES string of the molecule is Cc1cc(C)c2nc(-c3ccc(N(C)CCCC4CCN(C)CC4)nc3)[nH]c2c1. The maximum atomic E-state index is 4.79. The zero-order valence-electron chi connectivity index (χ0n) is 18.2. The molecule has 1 aromatic carbocycles. The number of aromatic nitrogens is 3. The minimum Gasteiger partial charge on any atom is -0.360 e. The first-order chi connectivity index (χ1) is 14.0. The molecule has 154 valence electrons. The Hall–Kier alpha value is -2.40. The van der Waals surface area contributed by atoms with Crippen LogP contribution in [0.1, 0.15) is 36.8 Å². The Bertz CT molecular complexity index is 951. The standard InChI is InChI=1S/C24H33N5/c1-17-14-18(2)23-21(15-17)26-24(27-23)20-7-8-22(25-16-20)29(4)11-5-6-19-9-12-28(3)13-10-19/h7-8,14-16,19H,5-6,9-13H2,1-4H3,(H,26,27). The zero-order valence-corrected chi connectivity index (χ0v) is 18.2. The highest BCUT2D eigenvalue weighted by atomic mass is 15.2. The van der Waals surface area contributed by atoms with Crippen molar-refractivity contribution in [3.8, 4) is 11.4 Å². The van der Waals surface area contributed by atoms with E-state index in [4.69, 9.17) is 9.97 Å². The second-order valence-corrected chi connectivity index (χ2v) is 8.78. The number of likely N-dealkylation sites (tertiary alicyclic amines) is 1. The van der Waals surface area contributed by atoms with Gasteiger partial charge in [-0.15, -0.1) is 0 Å². The summed E-state index contributed by atoms with van der Waals surface area (Å²) in [5.41, 5.74) is 5.62. The van der Waals surface area contributed by atoms with Crippen molar-refractivity contribution in [2.45, 2.75) is 39.5 Å². The Balaban J connectivity index is 1.36. The van der Waals surface area contributed by atoms with Gasteiger partial charge in [0, 0.05) is 25.4 Å². The number of imidazole rings is 1. The van der Waals surface area contributed by atoms with Gasteiger partial charge in [-0.3, -0.25) is 0 Å². The zero-order chi connectivity index (χ0) is 20.4. The van der Waals surface area contributed by atoms with Crippen molar-refractivity contribution in [3.63, 3.8) is 0 Å². The van der Waals surface area contributed by atoms with Crippen LogP contribution < -0.4 is 4.90 Å². The van der Waals surface area contributed by atoms with E-state index in [9.17, 15) is 0 Å². The molecule has 1 saturated heterocycles. The van der Waals surface area contributed by atoms with Gasteiger partial charge in [0.1, 0.15) is 11.6 Å². The number of aromatic amines is 1. The predicted octanol–water partition coefficient (Wildman–Crippen LogP) is 4.80. The highest BCUT2D eigenvalue weighted by molar-refractivity contribution is 5.83. The average molecular weight is 392 g/mol. The van der Waals surface area contributed by atoms with Gasteiger partial charge in [0.15, 0.2) is 0 Å². The summed E-state index contributed by atoms with van der Waals surface area (Å²) in [6.07, 6.45) is 7.19. The molecule has 5 heteroatoms. The molecule has 1 N–H and O–H groups in total. The summed E-state index contributed by atoms with van der Waals surface area (Å²) in [5, 5.41) is 0. The molecule has 4 rings (SSSR count). The lowest BCUT2D eigenvalue weighted by Gasteiger charge is -2.29. The molecule has 0 amide bonds. The van der Waals surface area contributed by atoms with E-state index >= 15 is 0 Å². The minimum atomic E-state index is 0.887. The Labute approximate surface area is 174 Å². The fraction of sp³-hybridized carbons (Fsp3) is 0.500. The van der Waals surface area contributed by atoms with Crippen LogP contribution in [0.4, 0.5) is 5.82 Å². The lowest BCUT2D eigenvalue weighted by Crippen LogP contribution is -2.30. The van der Waals surface area contributed by atoms with Crippen molar-refractivity contribution in [1.82, 2.24) is 19.9 Å². The normalized spacial score (nSPS) is 15.9.